The number of pyridine rings is 1. The third kappa shape index (κ3) is 3.27. The van der Waals surface area contributed by atoms with Gasteiger partial charge in [0.2, 0.25) is 0 Å². The maximum atomic E-state index is 12.5. The Kier molecular flexibility index (Phi) is 4.33. The Morgan fingerprint density at radius 3 is 2.89 bits per heavy atom. The van der Waals surface area contributed by atoms with Gasteiger partial charge in [-0.3, -0.25) is 9.36 Å². The van der Waals surface area contributed by atoms with Gasteiger partial charge in [0.25, 0.3) is 5.91 Å². The lowest BCUT2D eigenvalue weighted by atomic mass is 10.1. The molecule has 0 fully saturated rings. The average Bonchev–Trinajstić information content (AvgIpc) is 3.35. The number of carbonyl (C=O) groups is 1. The highest BCUT2D eigenvalue weighted by molar-refractivity contribution is 5.99. The summed E-state index contributed by atoms with van der Waals surface area (Å²) in [6.45, 7) is 2.22. The van der Waals surface area contributed by atoms with Crippen LogP contribution >= 0.6 is 0 Å². The number of amides is 1. The smallest absolute Gasteiger partial charge is 0.287 e. The van der Waals surface area contributed by atoms with Crippen molar-refractivity contribution in [3.8, 4) is 11.6 Å². The van der Waals surface area contributed by atoms with Gasteiger partial charge in [-0.05, 0) is 36.8 Å². The van der Waals surface area contributed by atoms with E-state index in [2.05, 4.69) is 15.3 Å². The summed E-state index contributed by atoms with van der Waals surface area (Å²) in [5.41, 5.74) is 2.34. The Bertz CT molecular complexity index is 1080. The molecule has 0 aliphatic carbocycles. The van der Waals surface area contributed by atoms with Crippen LogP contribution in [0, 0.1) is 6.92 Å². The number of carbonyl (C=O) groups excluding carboxylic acids is 1. The van der Waals surface area contributed by atoms with Crippen molar-refractivity contribution in [3.05, 3.63) is 72.1 Å². The number of aryl methyl sites for hydroxylation is 1. The number of rotatable bonds is 5. The van der Waals surface area contributed by atoms with Crippen LogP contribution in [0.3, 0.4) is 0 Å². The van der Waals surface area contributed by atoms with Crippen LogP contribution in [0.5, 0.6) is 5.75 Å². The second kappa shape index (κ2) is 6.95. The number of hydrogen-bond donors (Lipinski definition) is 1. The van der Waals surface area contributed by atoms with E-state index >= 15 is 0 Å². The Morgan fingerprint density at radius 2 is 2.19 bits per heavy atom. The normalized spacial score (nSPS) is 10.9. The zero-order chi connectivity index (χ0) is 18.8. The average molecular weight is 362 g/mol. The van der Waals surface area contributed by atoms with Crippen molar-refractivity contribution < 1.29 is 13.9 Å². The van der Waals surface area contributed by atoms with Crippen LogP contribution in [0.2, 0.25) is 0 Å². The molecule has 4 rings (SSSR count). The molecule has 4 aromatic rings. The van der Waals surface area contributed by atoms with E-state index in [0.717, 1.165) is 28.1 Å². The fourth-order valence-electron chi connectivity index (χ4n) is 2.87. The number of benzene rings is 1. The van der Waals surface area contributed by atoms with Gasteiger partial charge in [-0.2, -0.15) is 0 Å². The van der Waals surface area contributed by atoms with Crippen LogP contribution < -0.4 is 10.1 Å². The lowest BCUT2D eigenvalue weighted by Gasteiger charge is -2.05. The van der Waals surface area contributed by atoms with Gasteiger partial charge in [-0.25, -0.2) is 9.97 Å². The fourth-order valence-corrected chi connectivity index (χ4v) is 2.87. The third-order valence-corrected chi connectivity index (χ3v) is 4.38. The molecule has 0 atom stereocenters. The van der Waals surface area contributed by atoms with Gasteiger partial charge in [0, 0.05) is 36.1 Å². The molecular weight excluding hydrogens is 344 g/mol. The second-order valence-electron chi connectivity index (χ2n) is 6.10. The number of nitrogens with one attached hydrogen (secondary N) is 1. The summed E-state index contributed by atoms with van der Waals surface area (Å²) in [6, 6.07) is 9.27. The molecule has 0 saturated carbocycles. The highest BCUT2D eigenvalue weighted by Crippen LogP contribution is 2.28. The number of furan rings is 1. The molecule has 0 saturated heterocycles. The number of hydrogen-bond acceptors (Lipinski definition) is 5. The van der Waals surface area contributed by atoms with Gasteiger partial charge in [0.05, 0.1) is 7.11 Å². The lowest BCUT2D eigenvalue weighted by Crippen LogP contribution is -2.23. The molecule has 1 N–H and O–H groups in total. The van der Waals surface area contributed by atoms with Crippen LogP contribution in [-0.2, 0) is 6.54 Å². The summed E-state index contributed by atoms with van der Waals surface area (Å²) in [6.07, 6.45) is 6.93. The quantitative estimate of drug-likeness (QED) is 0.589. The van der Waals surface area contributed by atoms with Crippen LogP contribution in [-0.4, -0.2) is 27.6 Å². The van der Waals surface area contributed by atoms with Crippen molar-refractivity contribution in [3.63, 3.8) is 0 Å². The minimum Gasteiger partial charge on any atom is -0.497 e. The van der Waals surface area contributed by atoms with Crippen molar-refractivity contribution in [2.45, 2.75) is 13.5 Å². The molecule has 3 aromatic heterocycles. The summed E-state index contributed by atoms with van der Waals surface area (Å²) >= 11 is 0. The number of methoxy groups -OCH3 is 1. The third-order valence-electron chi connectivity index (χ3n) is 4.38. The van der Waals surface area contributed by atoms with E-state index in [4.69, 9.17) is 9.15 Å². The van der Waals surface area contributed by atoms with E-state index in [1.807, 2.05) is 35.9 Å². The maximum absolute atomic E-state index is 12.5. The Hall–Kier alpha value is -3.61. The van der Waals surface area contributed by atoms with E-state index in [1.165, 1.54) is 0 Å². The first-order valence-electron chi connectivity index (χ1n) is 8.44. The predicted octanol–water partition coefficient (Wildman–Crippen LogP) is 3.26. The fraction of sp³-hybridized carbons (Fsp3) is 0.150. The zero-order valence-corrected chi connectivity index (χ0v) is 15.0. The van der Waals surface area contributed by atoms with Crippen molar-refractivity contribution in [1.29, 1.82) is 0 Å². The van der Waals surface area contributed by atoms with E-state index in [9.17, 15) is 4.79 Å². The Labute approximate surface area is 155 Å². The largest absolute Gasteiger partial charge is 0.497 e. The number of aromatic nitrogens is 3. The van der Waals surface area contributed by atoms with Crippen LogP contribution in [0.25, 0.3) is 16.8 Å². The standard InChI is InChI=1S/C20H18N4O3/c1-13-16-9-15(26-2)4-5-17(16)27-19(13)20(25)23-11-14-3-6-18(22-10-14)24-8-7-21-12-24/h3-10,12H,11H2,1-2H3,(H,23,25). The molecular formula is C20H18N4O3. The van der Waals surface area contributed by atoms with Gasteiger partial charge in [0.15, 0.2) is 5.76 Å². The first kappa shape index (κ1) is 16.8. The lowest BCUT2D eigenvalue weighted by molar-refractivity contribution is 0.0924. The molecule has 136 valence electrons. The number of nitrogens with zero attached hydrogens (tertiary/aromatic N) is 3. The first-order valence-corrected chi connectivity index (χ1v) is 8.44. The summed E-state index contributed by atoms with van der Waals surface area (Å²) in [5, 5.41) is 3.74. The Balaban J connectivity index is 1.48. The molecule has 27 heavy (non-hydrogen) atoms. The summed E-state index contributed by atoms with van der Waals surface area (Å²) in [7, 11) is 1.61. The molecule has 0 aliphatic rings. The van der Waals surface area contributed by atoms with Crippen LogP contribution in [0.1, 0.15) is 21.7 Å². The molecule has 0 bridgehead atoms. The summed E-state index contributed by atoms with van der Waals surface area (Å²) in [5.74, 6) is 1.54. The summed E-state index contributed by atoms with van der Waals surface area (Å²) in [4.78, 5) is 20.9. The predicted molar refractivity (Wildman–Crippen MR) is 100 cm³/mol. The van der Waals surface area contributed by atoms with Gasteiger partial charge < -0.3 is 14.5 Å². The molecule has 3 heterocycles. The number of imidazole rings is 1. The minimum atomic E-state index is -0.263. The summed E-state index contributed by atoms with van der Waals surface area (Å²) < 4.78 is 12.8. The molecule has 7 nitrogen and oxygen atoms in total. The van der Waals surface area contributed by atoms with Gasteiger partial charge in [-0.15, -0.1) is 0 Å². The van der Waals surface area contributed by atoms with E-state index < -0.39 is 0 Å². The number of ether oxygens (including phenoxy) is 1. The van der Waals surface area contributed by atoms with Gasteiger partial charge >= 0.3 is 0 Å². The highest BCUT2D eigenvalue weighted by atomic mass is 16.5. The SMILES string of the molecule is COc1ccc2oc(C(=O)NCc3ccc(-n4ccnc4)nc3)c(C)c2c1. The first-order chi connectivity index (χ1) is 13.2. The monoisotopic (exact) mass is 362 g/mol. The Morgan fingerprint density at radius 1 is 1.30 bits per heavy atom. The van der Waals surface area contributed by atoms with Gasteiger partial charge in [0.1, 0.15) is 23.5 Å². The molecule has 7 heteroatoms. The van der Waals surface area contributed by atoms with E-state index in [1.54, 1.807) is 38.0 Å². The van der Waals surface area contributed by atoms with Crippen LogP contribution in [0.15, 0.2) is 59.7 Å². The van der Waals surface area contributed by atoms with Crippen molar-refractivity contribution in [2.24, 2.45) is 0 Å². The molecule has 1 amide bonds. The van der Waals surface area contributed by atoms with Crippen molar-refractivity contribution in [2.75, 3.05) is 7.11 Å². The van der Waals surface area contributed by atoms with E-state index in [-0.39, 0.29) is 5.91 Å². The molecule has 1 aromatic carbocycles. The second-order valence-corrected chi connectivity index (χ2v) is 6.10. The minimum absolute atomic E-state index is 0.263. The molecule has 0 aliphatic heterocycles. The topological polar surface area (TPSA) is 82.2 Å². The van der Waals surface area contributed by atoms with Gasteiger partial charge in [-0.1, -0.05) is 6.07 Å². The molecule has 0 radical (unpaired) electrons. The highest BCUT2D eigenvalue weighted by Gasteiger charge is 2.18. The molecule has 0 spiro atoms. The van der Waals surface area contributed by atoms with Crippen molar-refractivity contribution in [1.82, 2.24) is 19.9 Å². The maximum Gasteiger partial charge on any atom is 0.287 e. The number of fused-ring (bicyclic) bond motifs is 1. The van der Waals surface area contributed by atoms with Crippen LogP contribution in [0.4, 0.5) is 0 Å². The van der Waals surface area contributed by atoms with E-state index in [0.29, 0.717) is 17.9 Å². The van der Waals surface area contributed by atoms with Crippen molar-refractivity contribution >= 4 is 16.9 Å². The molecule has 0 unspecified atom stereocenters. The zero-order valence-electron chi connectivity index (χ0n) is 15.0.